The average molecular weight is 430 g/mol. The second-order valence-corrected chi connectivity index (χ2v) is 7.59. The fourth-order valence-corrected chi connectivity index (χ4v) is 3.54. The normalized spacial score (nSPS) is 10.7. The van der Waals surface area contributed by atoms with Crippen molar-refractivity contribution < 1.29 is 4.79 Å². The Kier molecular flexibility index (Phi) is 5.69. The van der Waals surface area contributed by atoms with Gasteiger partial charge in [-0.05, 0) is 44.2 Å². The van der Waals surface area contributed by atoms with Gasteiger partial charge in [-0.25, -0.2) is 4.68 Å². The van der Waals surface area contributed by atoms with Crippen LogP contribution in [0.25, 0.3) is 16.8 Å². The third-order valence-corrected chi connectivity index (χ3v) is 5.27. The highest BCUT2D eigenvalue weighted by molar-refractivity contribution is 6.33. The molecule has 3 aromatic carbocycles. The number of carbonyl (C=O) groups is 1. The number of benzene rings is 3. The molecule has 0 fully saturated rings. The average Bonchev–Trinajstić information content (AvgIpc) is 2.78. The molecular weight excluding hydrogens is 410 g/mol. The van der Waals surface area contributed by atoms with Gasteiger partial charge in [0.1, 0.15) is 11.5 Å². The number of hydrogen-bond donors (Lipinski definition) is 1. The summed E-state index contributed by atoms with van der Waals surface area (Å²) >= 11 is 6.45. The van der Waals surface area contributed by atoms with Gasteiger partial charge in [-0.1, -0.05) is 65.7 Å². The summed E-state index contributed by atoms with van der Waals surface area (Å²) in [5, 5.41) is 7.80. The summed E-state index contributed by atoms with van der Waals surface area (Å²) in [6, 6.07) is 23.6. The van der Waals surface area contributed by atoms with Crippen molar-refractivity contribution in [1.29, 1.82) is 0 Å². The van der Waals surface area contributed by atoms with Crippen molar-refractivity contribution in [2.45, 2.75) is 13.8 Å². The molecule has 1 aromatic heterocycles. The van der Waals surface area contributed by atoms with Crippen LogP contribution in [0.15, 0.2) is 83.7 Å². The number of halogens is 1. The van der Waals surface area contributed by atoms with Crippen LogP contribution in [0.1, 0.15) is 21.6 Å². The Balaban J connectivity index is 1.99. The molecule has 1 amide bonds. The van der Waals surface area contributed by atoms with Crippen molar-refractivity contribution in [2.24, 2.45) is 0 Å². The van der Waals surface area contributed by atoms with Crippen molar-refractivity contribution >= 4 is 23.3 Å². The molecule has 5 nitrogen and oxygen atoms in total. The first-order valence-corrected chi connectivity index (χ1v) is 10.2. The monoisotopic (exact) mass is 429 g/mol. The van der Waals surface area contributed by atoms with Crippen LogP contribution >= 0.6 is 11.6 Å². The van der Waals surface area contributed by atoms with Crippen LogP contribution in [0.3, 0.4) is 0 Å². The second-order valence-electron chi connectivity index (χ2n) is 7.19. The first-order chi connectivity index (χ1) is 15.0. The molecule has 0 aliphatic carbocycles. The molecule has 4 rings (SSSR count). The molecule has 0 saturated heterocycles. The van der Waals surface area contributed by atoms with Gasteiger partial charge in [0.15, 0.2) is 0 Å². The quantitative estimate of drug-likeness (QED) is 0.471. The summed E-state index contributed by atoms with van der Waals surface area (Å²) < 4.78 is 1.58. The lowest BCUT2D eigenvalue weighted by Gasteiger charge is -2.19. The first-order valence-electron chi connectivity index (χ1n) is 9.78. The lowest BCUT2D eigenvalue weighted by atomic mass is 10.0. The maximum absolute atomic E-state index is 13.2. The van der Waals surface area contributed by atoms with Crippen molar-refractivity contribution in [1.82, 2.24) is 9.78 Å². The first kappa shape index (κ1) is 20.6. The van der Waals surface area contributed by atoms with Gasteiger partial charge in [-0.2, -0.15) is 5.10 Å². The zero-order chi connectivity index (χ0) is 22.0. The molecule has 0 saturated carbocycles. The Bertz CT molecular complexity index is 1310. The van der Waals surface area contributed by atoms with E-state index in [2.05, 4.69) is 10.4 Å². The number of aryl methyl sites for hydroxylation is 2. The smallest absolute Gasteiger partial charge is 0.256 e. The third-order valence-electron chi connectivity index (χ3n) is 4.94. The van der Waals surface area contributed by atoms with Crippen molar-refractivity contribution in [2.75, 3.05) is 5.32 Å². The van der Waals surface area contributed by atoms with Gasteiger partial charge in [-0.3, -0.25) is 9.59 Å². The van der Waals surface area contributed by atoms with Crippen molar-refractivity contribution in [3.05, 3.63) is 111 Å². The Morgan fingerprint density at radius 3 is 2.23 bits per heavy atom. The fraction of sp³-hybridized carbons (Fsp3) is 0.0800. The van der Waals surface area contributed by atoms with E-state index in [0.717, 1.165) is 5.56 Å². The highest BCUT2D eigenvalue weighted by Gasteiger charge is 2.22. The maximum atomic E-state index is 13.2. The molecule has 0 atom stereocenters. The topological polar surface area (TPSA) is 64.0 Å². The van der Waals surface area contributed by atoms with Crippen LogP contribution in [-0.4, -0.2) is 15.7 Å². The molecule has 0 aliphatic rings. The summed E-state index contributed by atoms with van der Waals surface area (Å²) in [6.45, 7) is 3.64. The van der Waals surface area contributed by atoms with Crippen LogP contribution in [0.2, 0.25) is 5.02 Å². The zero-order valence-electron chi connectivity index (χ0n) is 17.1. The van der Waals surface area contributed by atoms with Gasteiger partial charge in [-0.15, -0.1) is 0 Å². The molecular formula is C25H20ClN3O2. The van der Waals surface area contributed by atoms with Crippen LogP contribution in [0, 0.1) is 13.8 Å². The van der Waals surface area contributed by atoms with Gasteiger partial charge >= 0.3 is 0 Å². The SMILES string of the molecule is Cc1ccc(-n2nc(C)c(=O)c(-c3ccccc3Cl)c2NC(=O)c2ccccc2)cc1. The Hall–Kier alpha value is -3.70. The Morgan fingerprint density at radius 2 is 1.55 bits per heavy atom. The van der Waals surface area contributed by atoms with Crippen LogP contribution in [-0.2, 0) is 0 Å². The molecule has 0 spiro atoms. The lowest BCUT2D eigenvalue weighted by molar-refractivity contribution is 0.102. The molecule has 154 valence electrons. The molecule has 0 aliphatic heterocycles. The van der Waals surface area contributed by atoms with Gasteiger partial charge in [0, 0.05) is 16.1 Å². The molecule has 4 aromatic rings. The second kappa shape index (κ2) is 8.58. The molecule has 0 bridgehead atoms. The minimum absolute atomic E-state index is 0.265. The molecule has 31 heavy (non-hydrogen) atoms. The van der Waals surface area contributed by atoms with Crippen molar-refractivity contribution in [3.63, 3.8) is 0 Å². The number of aromatic nitrogens is 2. The van der Waals surface area contributed by atoms with Crippen molar-refractivity contribution in [3.8, 4) is 16.8 Å². The zero-order valence-corrected chi connectivity index (χ0v) is 17.9. The number of rotatable bonds is 4. The van der Waals surface area contributed by atoms with E-state index in [1.165, 1.54) is 0 Å². The van der Waals surface area contributed by atoms with Gasteiger partial charge < -0.3 is 5.32 Å². The van der Waals surface area contributed by atoms with Gasteiger partial charge in [0.05, 0.1) is 11.3 Å². The summed E-state index contributed by atoms with van der Waals surface area (Å²) in [7, 11) is 0. The van der Waals surface area contributed by atoms with E-state index in [4.69, 9.17) is 11.6 Å². The predicted molar refractivity (Wildman–Crippen MR) is 124 cm³/mol. The number of anilines is 1. The fourth-order valence-electron chi connectivity index (χ4n) is 3.31. The maximum Gasteiger partial charge on any atom is 0.256 e. The molecule has 0 unspecified atom stereocenters. The number of nitrogens with one attached hydrogen (secondary N) is 1. The van der Waals surface area contributed by atoms with Gasteiger partial charge in [0.25, 0.3) is 5.91 Å². The molecule has 6 heteroatoms. The Labute approximate surface area is 184 Å². The number of amides is 1. The standard InChI is InChI=1S/C25H20ClN3O2/c1-16-12-14-19(15-13-16)29-24(27-25(31)18-8-4-3-5-9-18)22(23(30)17(2)28-29)20-10-6-7-11-21(20)26/h3-15H,1-2H3,(H,27,31). The predicted octanol–water partition coefficient (Wildman–Crippen LogP) is 5.42. The van der Waals surface area contributed by atoms with E-state index in [-0.39, 0.29) is 17.2 Å². The van der Waals surface area contributed by atoms with E-state index in [9.17, 15) is 9.59 Å². The minimum atomic E-state index is -0.347. The third kappa shape index (κ3) is 4.13. The van der Waals surface area contributed by atoms with E-state index in [0.29, 0.717) is 33.1 Å². The highest BCUT2D eigenvalue weighted by atomic mass is 35.5. The molecule has 1 N–H and O–H groups in total. The number of carbonyl (C=O) groups excluding carboxylic acids is 1. The minimum Gasteiger partial charge on any atom is -0.306 e. The van der Waals surface area contributed by atoms with E-state index < -0.39 is 0 Å². The molecule has 1 heterocycles. The number of hydrogen-bond acceptors (Lipinski definition) is 3. The lowest BCUT2D eigenvalue weighted by Crippen LogP contribution is -2.25. The van der Waals surface area contributed by atoms with Gasteiger partial charge in [0.2, 0.25) is 5.43 Å². The largest absolute Gasteiger partial charge is 0.306 e. The van der Waals surface area contributed by atoms with Crippen LogP contribution in [0.4, 0.5) is 5.82 Å². The molecule has 0 radical (unpaired) electrons. The van der Waals surface area contributed by atoms with E-state index in [1.54, 1.807) is 60.1 Å². The Morgan fingerprint density at radius 1 is 0.903 bits per heavy atom. The summed E-state index contributed by atoms with van der Waals surface area (Å²) in [5.41, 5.74) is 3.10. The summed E-state index contributed by atoms with van der Waals surface area (Å²) in [5.74, 6) is -0.0822. The summed E-state index contributed by atoms with van der Waals surface area (Å²) in [4.78, 5) is 26.2. The van der Waals surface area contributed by atoms with E-state index in [1.807, 2.05) is 37.3 Å². The number of nitrogens with zero attached hydrogens (tertiary/aromatic N) is 2. The van der Waals surface area contributed by atoms with Crippen LogP contribution < -0.4 is 10.7 Å². The highest BCUT2D eigenvalue weighted by Crippen LogP contribution is 2.32. The van der Waals surface area contributed by atoms with Crippen LogP contribution in [0.5, 0.6) is 0 Å². The van der Waals surface area contributed by atoms with E-state index >= 15 is 0 Å². The summed E-state index contributed by atoms with van der Waals surface area (Å²) in [6.07, 6.45) is 0.